The molecule has 0 bridgehead atoms. The molecule has 0 fully saturated rings. The van der Waals surface area contributed by atoms with E-state index in [4.69, 9.17) is 11.6 Å². The van der Waals surface area contributed by atoms with E-state index in [2.05, 4.69) is 33.1 Å². The third kappa shape index (κ3) is 3.52. The van der Waals surface area contributed by atoms with E-state index in [1.165, 1.54) is 0 Å². The zero-order valence-electron chi connectivity index (χ0n) is 9.48. The second-order valence-corrected chi connectivity index (χ2v) is 4.68. The van der Waals surface area contributed by atoms with Gasteiger partial charge in [0.05, 0.1) is 5.02 Å². The normalized spacial score (nSPS) is 11.8. The van der Waals surface area contributed by atoms with E-state index in [0.29, 0.717) is 0 Å². The topological polar surface area (TPSA) is 12.0 Å². The molecule has 0 saturated heterocycles. The molecule has 0 aliphatic heterocycles. The minimum Gasteiger partial charge on any atom is -0.313 e. The van der Waals surface area contributed by atoms with Crippen LogP contribution in [0.15, 0.2) is 22.7 Å². The van der Waals surface area contributed by atoms with Crippen LogP contribution in [0, 0.1) is 11.8 Å². The molecule has 0 aromatic heterocycles. The van der Waals surface area contributed by atoms with Gasteiger partial charge in [-0.1, -0.05) is 23.7 Å². The first-order chi connectivity index (χ1) is 7.70. The molecule has 0 amide bonds. The standard InChI is InChI=1S/C13H15BrClN/c1-3-4-5-9-12(16-2)10-7-6-8-11(14)13(10)15/h6-8,12,16H,5,9H2,1-2H3. The lowest BCUT2D eigenvalue weighted by molar-refractivity contribution is 0.558. The summed E-state index contributed by atoms with van der Waals surface area (Å²) < 4.78 is 0.938. The van der Waals surface area contributed by atoms with Crippen molar-refractivity contribution in [2.45, 2.75) is 25.8 Å². The van der Waals surface area contributed by atoms with Crippen molar-refractivity contribution in [2.75, 3.05) is 7.05 Å². The molecule has 1 aromatic carbocycles. The molecule has 1 rings (SSSR count). The van der Waals surface area contributed by atoms with E-state index < -0.39 is 0 Å². The van der Waals surface area contributed by atoms with Crippen molar-refractivity contribution in [2.24, 2.45) is 0 Å². The van der Waals surface area contributed by atoms with Crippen LogP contribution in [-0.2, 0) is 0 Å². The number of benzene rings is 1. The van der Waals surface area contributed by atoms with Crippen LogP contribution in [0.3, 0.4) is 0 Å². The van der Waals surface area contributed by atoms with Gasteiger partial charge in [-0.3, -0.25) is 0 Å². The molecule has 86 valence electrons. The molecular formula is C13H15BrClN. The molecule has 16 heavy (non-hydrogen) atoms. The molecule has 1 atom stereocenters. The van der Waals surface area contributed by atoms with Gasteiger partial charge in [0.15, 0.2) is 0 Å². The van der Waals surface area contributed by atoms with Crippen molar-refractivity contribution < 1.29 is 0 Å². The summed E-state index contributed by atoms with van der Waals surface area (Å²) in [6.07, 6.45) is 1.85. The summed E-state index contributed by atoms with van der Waals surface area (Å²) in [5.74, 6) is 5.98. The van der Waals surface area contributed by atoms with Crippen molar-refractivity contribution in [1.82, 2.24) is 5.32 Å². The maximum atomic E-state index is 6.26. The zero-order valence-corrected chi connectivity index (χ0v) is 11.8. The Morgan fingerprint density at radius 3 is 2.88 bits per heavy atom. The van der Waals surface area contributed by atoms with Crippen molar-refractivity contribution in [3.05, 3.63) is 33.3 Å². The number of halogens is 2. The minimum atomic E-state index is 0.255. The summed E-state index contributed by atoms with van der Waals surface area (Å²) in [6.45, 7) is 1.86. The predicted octanol–water partition coefficient (Wildman–Crippen LogP) is 4.17. The lowest BCUT2D eigenvalue weighted by atomic mass is 10.0. The quantitative estimate of drug-likeness (QED) is 0.823. The van der Waals surface area contributed by atoms with Gasteiger partial charge in [0.25, 0.3) is 0 Å². The highest BCUT2D eigenvalue weighted by atomic mass is 79.9. The highest BCUT2D eigenvalue weighted by molar-refractivity contribution is 9.10. The maximum absolute atomic E-state index is 6.26. The Morgan fingerprint density at radius 1 is 1.50 bits per heavy atom. The van der Waals surface area contributed by atoms with Gasteiger partial charge in [0.2, 0.25) is 0 Å². The Morgan fingerprint density at radius 2 is 2.25 bits per heavy atom. The number of hydrogen-bond acceptors (Lipinski definition) is 1. The van der Waals surface area contributed by atoms with E-state index in [0.717, 1.165) is 27.9 Å². The van der Waals surface area contributed by atoms with Gasteiger partial charge in [0.1, 0.15) is 0 Å². The molecule has 1 aromatic rings. The third-order valence-electron chi connectivity index (χ3n) is 2.44. The van der Waals surface area contributed by atoms with Gasteiger partial charge in [-0.05, 0) is 48.0 Å². The van der Waals surface area contributed by atoms with Gasteiger partial charge in [-0.25, -0.2) is 0 Å². The van der Waals surface area contributed by atoms with E-state index in [-0.39, 0.29) is 6.04 Å². The maximum Gasteiger partial charge on any atom is 0.0595 e. The largest absolute Gasteiger partial charge is 0.313 e. The molecule has 1 N–H and O–H groups in total. The fourth-order valence-electron chi connectivity index (χ4n) is 1.59. The lowest BCUT2D eigenvalue weighted by Gasteiger charge is -2.17. The summed E-state index contributed by atoms with van der Waals surface area (Å²) in [6, 6.07) is 6.25. The molecule has 3 heteroatoms. The molecule has 0 heterocycles. The fourth-order valence-corrected chi connectivity index (χ4v) is 2.23. The second-order valence-electron chi connectivity index (χ2n) is 3.45. The van der Waals surface area contributed by atoms with E-state index in [9.17, 15) is 0 Å². The SMILES string of the molecule is CC#CCCC(NC)c1cccc(Br)c1Cl. The Bertz CT molecular complexity index is 406. The molecule has 1 nitrogen and oxygen atoms in total. The monoisotopic (exact) mass is 299 g/mol. The third-order valence-corrected chi connectivity index (χ3v) is 3.75. The minimum absolute atomic E-state index is 0.255. The Hall–Kier alpha value is -0.490. The smallest absolute Gasteiger partial charge is 0.0595 e. The molecule has 0 spiro atoms. The summed E-state index contributed by atoms with van der Waals surface area (Å²) >= 11 is 9.69. The van der Waals surface area contributed by atoms with Crippen LogP contribution in [0.4, 0.5) is 0 Å². The molecule has 0 saturated carbocycles. The summed E-state index contributed by atoms with van der Waals surface area (Å²) in [7, 11) is 1.95. The summed E-state index contributed by atoms with van der Waals surface area (Å²) in [5.41, 5.74) is 1.12. The van der Waals surface area contributed by atoms with E-state index in [1.807, 2.05) is 32.2 Å². The van der Waals surface area contributed by atoms with Crippen LogP contribution in [0.25, 0.3) is 0 Å². The molecule has 0 aliphatic rings. The van der Waals surface area contributed by atoms with Gasteiger partial charge in [-0.15, -0.1) is 11.8 Å². The average Bonchev–Trinajstić information content (AvgIpc) is 2.29. The van der Waals surface area contributed by atoms with Crippen LogP contribution in [0.2, 0.25) is 5.02 Å². The highest BCUT2D eigenvalue weighted by Gasteiger charge is 2.13. The van der Waals surface area contributed by atoms with Crippen molar-refractivity contribution in [3.8, 4) is 11.8 Å². The van der Waals surface area contributed by atoms with Crippen molar-refractivity contribution in [3.63, 3.8) is 0 Å². The highest BCUT2D eigenvalue weighted by Crippen LogP contribution is 2.31. The average molecular weight is 301 g/mol. The predicted molar refractivity (Wildman–Crippen MR) is 73.6 cm³/mol. The van der Waals surface area contributed by atoms with Gasteiger partial charge < -0.3 is 5.32 Å². The molecule has 1 unspecified atom stereocenters. The van der Waals surface area contributed by atoms with Crippen LogP contribution in [0.1, 0.15) is 31.4 Å². The van der Waals surface area contributed by atoms with Crippen LogP contribution < -0.4 is 5.32 Å². The van der Waals surface area contributed by atoms with Gasteiger partial charge >= 0.3 is 0 Å². The van der Waals surface area contributed by atoms with Gasteiger partial charge in [0, 0.05) is 16.9 Å². The zero-order chi connectivity index (χ0) is 12.0. The molecule has 0 aliphatic carbocycles. The lowest BCUT2D eigenvalue weighted by Crippen LogP contribution is -2.16. The number of rotatable bonds is 4. The number of hydrogen-bond donors (Lipinski definition) is 1. The van der Waals surface area contributed by atoms with Crippen molar-refractivity contribution >= 4 is 27.5 Å². The first kappa shape index (κ1) is 13.6. The Labute approximate surface area is 111 Å². The number of nitrogens with one attached hydrogen (secondary N) is 1. The van der Waals surface area contributed by atoms with Crippen molar-refractivity contribution in [1.29, 1.82) is 0 Å². The molecular weight excluding hydrogens is 286 g/mol. The van der Waals surface area contributed by atoms with Gasteiger partial charge in [-0.2, -0.15) is 0 Å². The summed E-state index contributed by atoms with van der Waals surface area (Å²) in [5, 5.41) is 4.06. The van der Waals surface area contributed by atoms with Crippen LogP contribution >= 0.6 is 27.5 Å². The summed E-state index contributed by atoms with van der Waals surface area (Å²) in [4.78, 5) is 0. The first-order valence-corrected chi connectivity index (χ1v) is 6.38. The van der Waals surface area contributed by atoms with E-state index >= 15 is 0 Å². The van der Waals surface area contributed by atoms with Crippen LogP contribution in [-0.4, -0.2) is 7.05 Å². The molecule has 0 radical (unpaired) electrons. The first-order valence-electron chi connectivity index (χ1n) is 5.21. The second kappa shape index (κ2) is 6.96. The Balaban J connectivity index is 2.85. The van der Waals surface area contributed by atoms with E-state index in [1.54, 1.807) is 0 Å². The Kier molecular flexibility index (Phi) is 5.90. The fraction of sp³-hybridized carbons (Fsp3) is 0.385. The van der Waals surface area contributed by atoms with Crippen LogP contribution in [0.5, 0.6) is 0 Å².